The number of hydrogen-bond acceptors (Lipinski definition) is 6. The molecule has 2 saturated heterocycles. The molecule has 0 bridgehead atoms. The van der Waals surface area contributed by atoms with Crippen LogP contribution in [-0.4, -0.2) is 75.7 Å². The molecule has 0 spiro atoms. The number of hydrogen-bond donors (Lipinski definition) is 1. The van der Waals surface area contributed by atoms with Gasteiger partial charge in [0.2, 0.25) is 11.7 Å². The van der Waals surface area contributed by atoms with Crippen LogP contribution in [0.1, 0.15) is 47.2 Å². The van der Waals surface area contributed by atoms with Gasteiger partial charge in [0.25, 0.3) is 5.91 Å². The molecule has 2 fully saturated rings. The molecule has 0 radical (unpaired) electrons. The van der Waals surface area contributed by atoms with Crippen molar-refractivity contribution in [2.75, 3.05) is 54.1 Å². The van der Waals surface area contributed by atoms with Crippen molar-refractivity contribution in [3.05, 3.63) is 89.5 Å². The summed E-state index contributed by atoms with van der Waals surface area (Å²) in [5.74, 6) is 1.08. The number of rotatable bonds is 10. The Morgan fingerprint density at radius 2 is 1.35 bits per heavy atom. The molecule has 2 heterocycles. The first kappa shape index (κ1) is 32.2. The van der Waals surface area contributed by atoms with Crippen LogP contribution in [0.15, 0.2) is 72.8 Å². The second-order valence-corrected chi connectivity index (χ2v) is 11.4. The van der Waals surface area contributed by atoms with Crippen molar-refractivity contribution in [2.45, 2.75) is 36.5 Å². The van der Waals surface area contributed by atoms with Crippen LogP contribution in [0, 0.1) is 0 Å². The summed E-state index contributed by atoms with van der Waals surface area (Å²) in [6, 6.07) is 23.9. The zero-order chi connectivity index (χ0) is 29.7. The van der Waals surface area contributed by atoms with Gasteiger partial charge in [0.05, 0.1) is 26.7 Å². The van der Waals surface area contributed by atoms with Crippen molar-refractivity contribution in [1.82, 2.24) is 9.80 Å². The van der Waals surface area contributed by atoms with Gasteiger partial charge in [-0.1, -0.05) is 60.7 Å². The van der Waals surface area contributed by atoms with E-state index in [1.807, 2.05) is 41.3 Å². The highest BCUT2D eigenvalue weighted by Crippen LogP contribution is 2.42. The lowest BCUT2D eigenvalue weighted by Gasteiger charge is -2.41. The number of nitrogens with zero attached hydrogens (tertiary/aromatic N) is 2. The molecule has 3 aromatic carbocycles. The van der Waals surface area contributed by atoms with E-state index in [0.29, 0.717) is 48.7 Å². The molecule has 2 amide bonds. The fourth-order valence-corrected chi connectivity index (χ4v) is 6.77. The third kappa shape index (κ3) is 6.31. The molecule has 2 aliphatic rings. The van der Waals surface area contributed by atoms with Gasteiger partial charge in [0, 0.05) is 24.1 Å². The van der Waals surface area contributed by atoms with Crippen molar-refractivity contribution in [3.63, 3.8) is 0 Å². The predicted octanol–water partition coefficient (Wildman–Crippen LogP) is 4.83. The highest BCUT2D eigenvalue weighted by atomic mass is 35.5. The van der Waals surface area contributed by atoms with Crippen LogP contribution in [-0.2, 0) is 15.6 Å². The molecule has 5 rings (SSSR count). The van der Waals surface area contributed by atoms with E-state index in [9.17, 15) is 9.59 Å². The van der Waals surface area contributed by atoms with E-state index in [1.165, 1.54) is 5.56 Å². The van der Waals surface area contributed by atoms with Gasteiger partial charge >= 0.3 is 0 Å². The molecule has 0 saturated carbocycles. The summed E-state index contributed by atoms with van der Waals surface area (Å²) in [5, 5.41) is 0. The van der Waals surface area contributed by atoms with E-state index in [4.69, 9.17) is 19.9 Å². The molecule has 2 aliphatic heterocycles. The maximum absolute atomic E-state index is 13.8. The smallest absolute Gasteiger partial charge is 0.254 e. The maximum Gasteiger partial charge on any atom is 0.254 e. The number of halogens is 1. The van der Waals surface area contributed by atoms with Crippen LogP contribution >= 0.6 is 12.4 Å². The van der Waals surface area contributed by atoms with Crippen LogP contribution < -0.4 is 19.9 Å². The second-order valence-electron chi connectivity index (χ2n) is 11.4. The molecule has 1 atom stereocenters. The minimum absolute atomic E-state index is 0. The van der Waals surface area contributed by atoms with Crippen molar-refractivity contribution < 1.29 is 23.8 Å². The molecule has 3 aromatic rings. The van der Waals surface area contributed by atoms with Crippen molar-refractivity contribution >= 4 is 24.2 Å². The second kappa shape index (κ2) is 13.7. The number of methoxy groups -OCH3 is 3. The molecular weight excluding hydrogens is 566 g/mol. The Morgan fingerprint density at radius 1 is 0.791 bits per heavy atom. The highest BCUT2D eigenvalue weighted by Gasteiger charge is 2.44. The summed E-state index contributed by atoms with van der Waals surface area (Å²) < 4.78 is 16.4. The number of carbonyl (C=O) groups is 2. The summed E-state index contributed by atoms with van der Waals surface area (Å²) in [7, 11) is 4.65. The topological polar surface area (TPSA) is 94.3 Å². The van der Waals surface area contributed by atoms with Crippen LogP contribution in [0.2, 0.25) is 0 Å². The van der Waals surface area contributed by atoms with Gasteiger partial charge in [-0.05, 0) is 68.6 Å². The molecule has 1 unspecified atom stereocenters. The van der Waals surface area contributed by atoms with E-state index in [1.54, 1.807) is 33.5 Å². The normalized spacial score (nSPS) is 19.7. The number of likely N-dealkylation sites (tertiary alicyclic amines) is 2. The number of carbonyl (C=O) groups excluding carboxylic acids is 2. The first-order valence-corrected chi connectivity index (χ1v) is 14.6. The van der Waals surface area contributed by atoms with Gasteiger partial charge in [0.15, 0.2) is 11.5 Å². The molecule has 0 aliphatic carbocycles. The quantitative estimate of drug-likeness (QED) is 0.355. The summed E-state index contributed by atoms with van der Waals surface area (Å²) in [6.07, 6.45) is 3.19. The van der Waals surface area contributed by atoms with E-state index < -0.39 is 5.41 Å². The molecule has 230 valence electrons. The fourth-order valence-electron chi connectivity index (χ4n) is 6.77. The molecule has 0 aromatic heterocycles. The SMILES string of the molecule is COc1cc(C(=O)N2CCC(CCN3CCC(C(N)=O)(c4ccccc4)CC3)(c3ccccc3)C2)cc(OC)c1OC.Cl. The molecule has 43 heavy (non-hydrogen) atoms. The van der Waals surface area contributed by atoms with Gasteiger partial charge in [-0.2, -0.15) is 0 Å². The largest absolute Gasteiger partial charge is 0.493 e. The van der Waals surface area contributed by atoms with E-state index in [2.05, 4.69) is 29.2 Å². The summed E-state index contributed by atoms with van der Waals surface area (Å²) in [5.41, 5.74) is 7.95. The number of benzene rings is 3. The molecule has 8 nitrogen and oxygen atoms in total. The summed E-state index contributed by atoms with van der Waals surface area (Å²) in [6.45, 7) is 3.76. The van der Waals surface area contributed by atoms with Gasteiger partial charge in [-0.3, -0.25) is 9.59 Å². The number of primary amides is 1. The third-order valence-corrected chi connectivity index (χ3v) is 9.35. The van der Waals surface area contributed by atoms with Gasteiger partial charge in [0.1, 0.15) is 0 Å². The Hall–Kier alpha value is -3.75. The Kier molecular flexibility index (Phi) is 10.2. The minimum atomic E-state index is -0.619. The van der Waals surface area contributed by atoms with Crippen molar-refractivity contribution in [1.29, 1.82) is 0 Å². The van der Waals surface area contributed by atoms with Crippen LogP contribution in [0.4, 0.5) is 0 Å². The zero-order valence-corrected chi connectivity index (χ0v) is 26.0. The first-order valence-electron chi connectivity index (χ1n) is 14.6. The molecular formula is C34H42ClN3O5. The number of amides is 2. The monoisotopic (exact) mass is 607 g/mol. The van der Waals surface area contributed by atoms with Crippen LogP contribution in [0.25, 0.3) is 0 Å². The van der Waals surface area contributed by atoms with Crippen molar-refractivity contribution in [3.8, 4) is 17.2 Å². The van der Waals surface area contributed by atoms with Gasteiger partial charge < -0.3 is 29.7 Å². The fraction of sp³-hybridized carbons (Fsp3) is 0.412. The van der Waals surface area contributed by atoms with E-state index in [-0.39, 0.29) is 29.6 Å². The third-order valence-electron chi connectivity index (χ3n) is 9.35. The first-order chi connectivity index (χ1) is 20.4. The average Bonchev–Trinajstić information content (AvgIpc) is 3.49. The molecule has 9 heteroatoms. The van der Waals surface area contributed by atoms with Gasteiger partial charge in [-0.25, -0.2) is 0 Å². The van der Waals surface area contributed by atoms with Crippen LogP contribution in [0.5, 0.6) is 17.2 Å². The zero-order valence-electron chi connectivity index (χ0n) is 25.2. The number of ether oxygens (including phenoxy) is 3. The summed E-state index contributed by atoms with van der Waals surface area (Å²) >= 11 is 0. The summed E-state index contributed by atoms with van der Waals surface area (Å²) in [4.78, 5) is 30.8. The Bertz CT molecular complexity index is 1370. The predicted molar refractivity (Wildman–Crippen MR) is 170 cm³/mol. The standard InChI is InChI=1S/C34H41N3O5.ClH/c1-40-28-22-25(23-29(41-2)30(28)42-3)31(38)37-21-15-33(24-37,26-10-6-4-7-11-26)14-18-36-19-16-34(17-20-36,32(35)39)27-12-8-5-9-13-27;/h4-13,22-23H,14-21,24H2,1-3H3,(H2,35,39);1H. The maximum atomic E-state index is 13.8. The lowest BCUT2D eigenvalue weighted by atomic mass is 9.71. The number of nitrogens with two attached hydrogens (primary N) is 1. The lowest BCUT2D eigenvalue weighted by Crippen LogP contribution is -2.50. The highest BCUT2D eigenvalue weighted by molar-refractivity contribution is 5.96. The lowest BCUT2D eigenvalue weighted by molar-refractivity contribution is -0.125. The van der Waals surface area contributed by atoms with E-state index in [0.717, 1.165) is 38.0 Å². The Morgan fingerprint density at radius 3 is 1.86 bits per heavy atom. The average molecular weight is 608 g/mol. The van der Waals surface area contributed by atoms with Gasteiger partial charge in [-0.15, -0.1) is 12.4 Å². The Balaban J connectivity index is 0.00000423. The number of piperidine rings is 1. The minimum Gasteiger partial charge on any atom is -0.493 e. The molecule has 2 N–H and O–H groups in total. The van der Waals surface area contributed by atoms with Crippen molar-refractivity contribution in [2.24, 2.45) is 5.73 Å². The Labute approximate surface area is 260 Å². The van der Waals surface area contributed by atoms with Crippen LogP contribution in [0.3, 0.4) is 0 Å². The van der Waals surface area contributed by atoms with E-state index >= 15 is 0 Å².